The fourth-order valence-corrected chi connectivity index (χ4v) is 3.52. The summed E-state index contributed by atoms with van der Waals surface area (Å²) in [4.78, 5) is 8.71. The molecule has 0 saturated heterocycles. The van der Waals surface area contributed by atoms with Gasteiger partial charge in [0.25, 0.3) is 0 Å². The van der Waals surface area contributed by atoms with E-state index >= 15 is 0 Å². The van der Waals surface area contributed by atoms with Crippen molar-refractivity contribution in [3.8, 4) is 17.3 Å². The SMILES string of the molecule is N#C/C(=C\c1ccncc1)c1nc(-c2cccc3ccccc23)cs1. The molecule has 0 aliphatic heterocycles. The van der Waals surface area contributed by atoms with Gasteiger partial charge >= 0.3 is 0 Å². The third-order valence-electron chi connectivity index (χ3n) is 3.94. The molecule has 2 aromatic heterocycles. The molecule has 25 heavy (non-hydrogen) atoms. The minimum atomic E-state index is 0.558. The number of hydrogen-bond acceptors (Lipinski definition) is 4. The number of thiazole rings is 1. The molecule has 3 nitrogen and oxygen atoms in total. The summed E-state index contributed by atoms with van der Waals surface area (Å²) in [5, 5.41) is 14.6. The maximum Gasteiger partial charge on any atom is 0.134 e. The van der Waals surface area contributed by atoms with Crippen LogP contribution >= 0.6 is 11.3 Å². The number of aromatic nitrogens is 2. The molecular weight excluding hydrogens is 326 g/mol. The van der Waals surface area contributed by atoms with Gasteiger partial charge in [0.15, 0.2) is 0 Å². The molecule has 4 aromatic rings. The topological polar surface area (TPSA) is 49.6 Å². The van der Waals surface area contributed by atoms with Crippen molar-refractivity contribution in [1.29, 1.82) is 5.26 Å². The van der Waals surface area contributed by atoms with Crippen molar-refractivity contribution < 1.29 is 0 Å². The van der Waals surface area contributed by atoms with Gasteiger partial charge in [-0.1, -0.05) is 42.5 Å². The second-order valence-corrected chi connectivity index (χ2v) is 6.37. The Bertz CT molecular complexity index is 1100. The first kappa shape index (κ1) is 15.3. The second kappa shape index (κ2) is 6.68. The van der Waals surface area contributed by atoms with Crippen LogP contribution in [0.5, 0.6) is 0 Å². The van der Waals surface area contributed by atoms with Crippen LogP contribution in [-0.4, -0.2) is 9.97 Å². The summed E-state index contributed by atoms with van der Waals surface area (Å²) < 4.78 is 0. The van der Waals surface area contributed by atoms with Gasteiger partial charge in [-0.05, 0) is 34.5 Å². The lowest BCUT2D eigenvalue weighted by atomic mass is 10.0. The Morgan fingerprint density at radius 2 is 1.80 bits per heavy atom. The molecule has 0 fully saturated rings. The van der Waals surface area contributed by atoms with Gasteiger partial charge in [0, 0.05) is 23.3 Å². The average molecular weight is 339 g/mol. The Balaban J connectivity index is 1.77. The van der Waals surface area contributed by atoms with Crippen LogP contribution in [0.4, 0.5) is 0 Å². The Hall–Kier alpha value is -3.29. The standard InChI is InChI=1S/C21H13N3S/c22-13-17(12-15-8-10-23-11-9-15)21-24-20(14-25-21)19-7-3-5-16-4-1-2-6-18(16)19/h1-12,14H/b17-12+. The van der Waals surface area contributed by atoms with E-state index < -0.39 is 0 Å². The molecule has 0 aliphatic carbocycles. The van der Waals surface area contributed by atoms with E-state index in [1.165, 1.54) is 22.1 Å². The molecule has 0 saturated carbocycles. The van der Waals surface area contributed by atoms with E-state index in [-0.39, 0.29) is 0 Å². The molecular formula is C21H13N3S. The van der Waals surface area contributed by atoms with Crippen molar-refractivity contribution in [2.75, 3.05) is 0 Å². The largest absolute Gasteiger partial charge is 0.265 e. The third kappa shape index (κ3) is 3.06. The van der Waals surface area contributed by atoms with Crippen molar-refractivity contribution in [3.05, 3.63) is 82.9 Å². The van der Waals surface area contributed by atoms with Crippen LogP contribution in [0.15, 0.2) is 72.4 Å². The molecule has 118 valence electrons. The maximum absolute atomic E-state index is 9.53. The van der Waals surface area contributed by atoms with Crippen LogP contribution in [0.2, 0.25) is 0 Å². The van der Waals surface area contributed by atoms with E-state index in [1.807, 2.05) is 41.8 Å². The molecule has 0 unspecified atom stereocenters. The maximum atomic E-state index is 9.53. The summed E-state index contributed by atoms with van der Waals surface area (Å²) in [5.41, 5.74) is 3.48. The monoisotopic (exact) mass is 339 g/mol. The number of nitriles is 1. The molecule has 0 aliphatic rings. The van der Waals surface area contributed by atoms with Gasteiger partial charge in [-0.3, -0.25) is 4.98 Å². The Kier molecular flexibility index (Phi) is 4.07. The first-order chi connectivity index (χ1) is 12.3. The second-order valence-electron chi connectivity index (χ2n) is 5.51. The predicted octanol–water partition coefficient (Wildman–Crippen LogP) is 5.42. The number of rotatable bonds is 3. The van der Waals surface area contributed by atoms with Gasteiger partial charge in [-0.2, -0.15) is 5.26 Å². The molecule has 0 bridgehead atoms. The van der Waals surface area contributed by atoms with Crippen molar-refractivity contribution in [3.63, 3.8) is 0 Å². The van der Waals surface area contributed by atoms with Gasteiger partial charge in [-0.15, -0.1) is 11.3 Å². The molecule has 0 N–H and O–H groups in total. The predicted molar refractivity (Wildman–Crippen MR) is 103 cm³/mol. The molecule has 0 radical (unpaired) electrons. The highest BCUT2D eigenvalue weighted by molar-refractivity contribution is 7.11. The first-order valence-electron chi connectivity index (χ1n) is 7.81. The molecule has 4 heteroatoms. The van der Waals surface area contributed by atoms with Gasteiger partial charge in [0.05, 0.1) is 11.3 Å². The van der Waals surface area contributed by atoms with Crippen molar-refractivity contribution >= 4 is 33.8 Å². The van der Waals surface area contributed by atoms with Gasteiger partial charge in [0.2, 0.25) is 0 Å². The Morgan fingerprint density at radius 3 is 2.64 bits per heavy atom. The van der Waals surface area contributed by atoms with Crippen LogP contribution in [0.1, 0.15) is 10.6 Å². The number of benzene rings is 2. The molecule has 2 aromatic carbocycles. The van der Waals surface area contributed by atoms with E-state index in [0.717, 1.165) is 21.8 Å². The highest BCUT2D eigenvalue weighted by atomic mass is 32.1. The zero-order valence-electron chi connectivity index (χ0n) is 13.3. The minimum absolute atomic E-state index is 0.558. The zero-order chi connectivity index (χ0) is 17.1. The molecule has 2 heterocycles. The number of pyridine rings is 1. The fourth-order valence-electron chi connectivity index (χ4n) is 2.74. The third-order valence-corrected chi connectivity index (χ3v) is 4.81. The van der Waals surface area contributed by atoms with Crippen LogP contribution < -0.4 is 0 Å². The van der Waals surface area contributed by atoms with Gasteiger partial charge < -0.3 is 0 Å². The number of fused-ring (bicyclic) bond motifs is 1. The van der Waals surface area contributed by atoms with Crippen LogP contribution in [0, 0.1) is 11.3 Å². The highest BCUT2D eigenvalue weighted by Crippen LogP contribution is 2.31. The first-order valence-corrected chi connectivity index (χ1v) is 8.69. The summed E-state index contributed by atoms with van der Waals surface area (Å²) in [5.74, 6) is 0. The van der Waals surface area contributed by atoms with Crippen LogP contribution in [0.25, 0.3) is 33.7 Å². The lowest BCUT2D eigenvalue weighted by Gasteiger charge is -2.03. The van der Waals surface area contributed by atoms with E-state index in [4.69, 9.17) is 4.98 Å². The number of hydrogen-bond donors (Lipinski definition) is 0. The van der Waals surface area contributed by atoms with E-state index in [0.29, 0.717) is 5.57 Å². The Morgan fingerprint density at radius 1 is 1.00 bits per heavy atom. The normalized spacial score (nSPS) is 11.4. The van der Waals surface area contributed by atoms with Crippen molar-refractivity contribution in [2.45, 2.75) is 0 Å². The molecule has 0 spiro atoms. The quantitative estimate of drug-likeness (QED) is 0.468. The number of nitrogens with zero attached hydrogens (tertiary/aromatic N) is 3. The Labute approximate surface area is 149 Å². The van der Waals surface area contributed by atoms with E-state index in [9.17, 15) is 5.26 Å². The smallest absolute Gasteiger partial charge is 0.134 e. The summed E-state index contributed by atoms with van der Waals surface area (Å²) >= 11 is 1.49. The minimum Gasteiger partial charge on any atom is -0.265 e. The fraction of sp³-hybridized carbons (Fsp3) is 0. The molecule has 0 atom stereocenters. The number of allylic oxidation sites excluding steroid dienone is 1. The summed E-state index contributed by atoms with van der Waals surface area (Å²) in [6, 6.07) is 20.5. The lowest BCUT2D eigenvalue weighted by molar-refractivity contribution is 1.32. The van der Waals surface area contributed by atoms with Crippen molar-refractivity contribution in [2.24, 2.45) is 0 Å². The van der Waals surface area contributed by atoms with E-state index in [1.54, 1.807) is 12.4 Å². The highest BCUT2D eigenvalue weighted by Gasteiger charge is 2.11. The zero-order valence-corrected chi connectivity index (χ0v) is 14.1. The summed E-state index contributed by atoms with van der Waals surface area (Å²) in [7, 11) is 0. The molecule has 4 rings (SSSR count). The van der Waals surface area contributed by atoms with Crippen LogP contribution in [-0.2, 0) is 0 Å². The summed E-state index contributed by atoms with van der Waals surface area (Å²) in [6.07, 6.45) is 5.27. The molecule has 0 amide bonds. The van der Waals surface area contributed by atoms with Crippen LogP contribution in [0.3, 0.4) is 0 Å². The van der Waals surface area contributed by atoms with Crippen molar-refractivity contribution in [1.82, 2.24) is 9.97 Å². The van der Waals surface area contributed by atoms with E-state index in [2.05, 4.69) is 35.3 Å². The average Bonchev–Trinajstić information content (AvgIpc) is 3.16. The van der Waals surface area contributed by atoms with Gasteiger partial charge in [-0.25, -0.2) is 4.98 Å². The lowest BCUT2D eigenvalue weighted by Crippen LogP contribution is -1.84. The van der Waals surface area contributed by atoms with Gasteiger partial charge in [0.1, 0.15) is 11.1 Å². The summed E-state index contributed by atoms with van der Waals surface area (Å²) in [6.45, 7) is 0.